The van der Waals surface area contributed by atoms with Gasteiger partial charge in [-0.1, -0.05) is 41.9 Å². The molecule has 0 fully saturated rings. The molecule has 0 spiro atoms. The molecule has 0 aliphatic rings. The minimum Gasteiger partial charge on any atom is -0.496 e. The van der Waals surface area contributed by atoms with E-state index in [1.807, 2.05) is 12.1 Å². The van der Waals surface area contributed by atoms with Gasteiger partial charge < -0.3 is 4.74 Å². The van der Waals surface area contributed by atoms with Crippen LogP contribution in [0.2, 0.25) is 0 Å². The van der Waals surface area contributed by atoms with E-state index in [4.69, 9.17) is 4.74 Å². The van der Waals surface area contributed by atoms with Crippen molar-refractivity contribution in [3.8, 4) is 5.75 Å². The zero-order valence-corrected chi connectivity index (χ0v) is 10.8. The number of alkyl halides is 1. The number of hydrogen-bond acceptors (Lipinski definition) is 1. The van der Waals surface area contributed by atoms with Crippen molar-refractivity contribution in [2.24, 2.45) is 0 Å². The second kappa shape index (κ2) is 4.35. The van der Waals surface area contributed by atoms with Crippen LogP contribution in [0.25, 0.3) is 0 Å². The Bertz CT molecular complexity index is 318. The summed E-state index contributed by atoms with van der Waals surface area (Å²) in [5.41, 5.74) is 2.73. The number of benzene rings is 1. The molecule has 1 aromatic rings. The van der Waals surface area contributed by atoms with Crippen LogP contribution in [0.3, 0.4) is 0 Å². The van der Waals surface area contributed by atoms with Gasteiger partial charge in [-0.05, 0) is 29.5 Å². The summed E-state index contributed by atoms with van der Waals surface area (Å²) in [6.07, 6.45) is 0. The Morgan fingerprint density at radius 2 is 2.00 bits per heavy atom. The zero-order valence-electron chi connectivity index (χ0n) is 9.23. The summed E-state index contributed by atoms with van der Waals surface area (Å²) in [4.78, 5) is 0. The van der Waals surface area contributed by atoms with Gasteiger partial charge in [0, 0.05) is 5.33 Å². The van der Waals surface area contributed by atoms with Crippen LogP contribution >= 0.6 is 15.9 Å². The highest BCUT2D eigenvalue weighted by atomic mass is 79.9. The van der Waals surface area contributed by atoms with E-state index in [1.54, 1.807) is 7.11 Å². The molecular weight excluding hydrogens is 240 g/mol. The van der Waals surface area contributed by atoms with Gasteiger partial charge in [-0.25, -0.2) is 0 Å². The van der Waals surface area contributed by atoms with Crippen molar-refractivity contribution in [2.45, 2.75) is 26.2 Å². The molecule has 0 amide bonds. The highest BCUT2D eigenvalue weighted by Crippen LogP contribution is 2.32. The Balaban J connectivity index is 3.22. The molecule has 0 aliphatic carbocycles. The molecule has 0 N–H and O–H groups in total. The molecule has 0 aromatic heterocycles. The van der Waals surface area contributed by atoms with Crippen LogP contribution in [-0.4, -0.2) is 12.4 Å². The summed E-state index contributed by atoms with van der Waals surface area (Å²) < 4.78 is 5.31. The van der Waals surface area contributed by atoms with E-state index in [1.165, 1.54) is 11.1 Å². The largest absolute Gasteiger partial charge is 0.496 e. The van der Waals surface area contributed by atoms with Crippen molar-refractivity contribution in [2.75, 3.05) is 12.4 Å². The van der Waals surface area contributed by atoms with Gasteiger partial charge in [-0.15, -0.1) is 0 Å². The Hall–Kier alpha value is -0.500. The van der Waals surface area contributed by atoms with Crippen molar-refractivity contribution in [1.29, 1.82) is 0 Å². The van der Waals surface area contributed by atoms with E-state index < -0.39 is 0 Å². The molecule has 0 radical (unpaired) electrons. The normalized spacial score (nSPS) is 11.5. The third-order valence-electron chi connectivity index (χ3n) is 2.57. The lowest BCUT2D eigenvalue weighted by Crippen LogP contribution is -2.20. The average molecular weight is 257 g/mol. The van der Waals surface area contributed by atoms with Crippen LogP contribution < -0.4 is 4.74 Å². The molecule has 0 unspecified atom stereocenters. The molecule has 0 bridgehead atoms. The van der Waals surface area contributed by atoms with Gasteiger partial charge in [0.05, 0.1) is 7.11 Å². The monoisotopic (exact) mass is 256 g/mol. The topological polar surface area (TPSA) is 9.23 Å². The minimum atomic E-state index is 0.151. The summed E-state index contributed by atoms with van der Waals surface area (Å²) in [5, 5.41) is 0.952. The highest BCUT2D eigenvalue weighted by molar-refractivity contribution is 9.09. The van der Waals surface area contributed by atoms with E-state index in [2.05, 4.69) is 42.8 Å². The zero-order chi connectivity index (χ0) is 10.8. The summed E-state index contributed by atoms with van der Waals surface area (Å²) in [6.45, 7) is 6.56. The second-order valence-corrected chi connectivity index (χ2v) is 4.71. The lowest BCUT2D eigenvalue weighted by atomic mass is 9.84. The second-order valence-electron chi connectivity index (χ2n) is 4.15. The number of methoxy groups -OCH3 is 1. The molecule has 2 heteroatoms. The fourth-order valence-electron chi connectivity index (χ4n) is 1.64. The number of rotatable bonds is 3. The van der Waals surface area contributed by atoms with E-state index >= 15 is 0 Å². The number of halogens is 1. The fraction of sp³-hybridized carbons (Fsp3) is 0.500. The quantitative estimate of drug-likeness (QED) is 0.750. The van der Waals surface area contributed by atoms with E-state index in [9.17, 15) is 0 Å². The Morgan fingerprint density at radius 1 is 1.36 bits per heavy atom. The predicted molar refractivity (Wildman–Crippen MR) is 64.6 cm³/mol. The number of hydrogen-bond donors (Lipinski definition) is 0. The molecule has 1 rings (SSSR count). The predicted octanol–water partition coefficient (Wildman–Crippen LogP) is 3.68. The molecule has 1 aromatic carbocycles. The Kier molecular flexibility index (Phi) is 3.59. The molecule has 0 saturated carbocycles. The van der Waals surface area contributed by atoms with Crippen LogP contribution in [0, 0.1) is 6.92 Å². The SMILES string of the molecule is COc1cccc(C(C)(C)CBr)c1C. The van der Waals surface area contributed by atoms with Crippen molar-refractivity contribution in [3.05, 3.63) is 29.3 Å². The fourth-order valence-corrected chi connectivity index (χ4v) is 1.94. The maximum atomic E-state index is 5.31. The maximum absolute atomic E-state index is 5.31. The smallest absolute Gasteiger partial charge is 0.122 e. The molecule has 14 heavy (non-hydrogen) atoms. The van der Waals surface area contributed by atoms with Gasteiger partial charge >= 0.3 is 0 Å². The van der Waals surface area contributed by atoms with Gasteiger partial charge in [0.15, 0.2) is 0 Å². The minimum absolute atomic E-state index is 0.151. The summed E-state index contributed by atoms with van der Waals surface area (Å²) >= 11 is 3.55. The Labute approximate surface area is 94.6 Å². The molecular formula is C12H17BrO. The van der Waals surface area contributed by atoms with Crippen molar-refractivity contribution in [3.63, 3.8) is 0 Å². The van der Waals surface area contributed by atoms with Gasteiger partial charge in [0.2, 0.25) is 0 Å². The molecule has 0 atom stereocenters. The van der Waals surface area contributed by atoms with Gasteiger partial charge in [0.25, 0.3) is 0 Å². The summed E-state index contributed by atoms with van der Waals surface area (Å²) in [7, 11) is 1.72. The standard InChI is InChI=1S/C12H17BrO/c1-9-10(12(2,3)8-13)6-5-7-11(9)14-4/h5-7H,8H2,1-4H3. The molecule has 0 aliphatic heterocycles. The van der Waals surface area contributed by atoms with Crippen molar-refractivity contribution >= 4 is 15.9 Å². The first-order valence-electron chi connectivity index (χ1n) is 4.73. The lowest BCUT2D eigenvalue weighted by Gasteiger charge is -2.25. The van der Waals surface area contributed by atoms with Crippen LogP contribution in [0.5, 0.6) is 5.75 Å². The van der Waals surface area contributed by atoms with E-state index in [0.29, 0.717) is 0 Å². The number of ether oxygens (including phenoxy) is 1. The molecule has 0 heterocycles. The maximum Gasteiger partial charge on any atom is 0.122 e. The highest BCUT2D eigenvalue weighted by Gasteiger charge is 2.22. The summed E-state index contributed by atoms with van der Waals surface area (Å²) in [5.74, 6) is 0.969. The van der Waals surface area contributed by atoms with E-state index in [0.717, 1.165) is 11.1 Å². The van der Waals surface area contributed by atoms with Crippen LogP contribution in [0.15, 0.2) is 18.2 Å². The van der Waals surface area contributed by atoms with Crippen LogP contribution in [-0.2, 0) is 5.41 Å². The third-order valence-corrected chi connectivity index (χ3v) is 3.97. The Morgan fingerprint density at radius 3 is 2.50 bits per heavy atom. The first-order valence-corrected chi connectivity index (χ1v) is 5.85. The van der Waals surface area contributed by atoms with E-state index in [-0.39, 0.29) is 5.41 Å². The van der Waals surface area contributed by atoms with Crippen molar-refractivity contribution < 1.29 is 4.74 Å². The first-order chi connectivity index (χ1) is 6.53. The first kappa shape index (κ1) is 11.6. The van der Waals surface area contributed by atoms with Gasteiger partial charge in [-0.2, -0.15) is 0 Å². The average Bonchev–Trinajstić information content (AvgIpc) is 2.18. The van der Waals surface area contributed by atoms with Gasteiger partial charge in [-0.3, -0.25) is 0 Å². The van der Waals surface area contributed by atoms with Crippen LogP contribution in [0.4, 0.5) is 0 Å². The van der Waals surface area contributed by atoms with Crippen molar-refractivity contribution in [1.82, 2.24) is 0 Å². The molecule has 78 valence electrons. The molecule has 1 nitrogen and oxygen atoms in total. The van der Waals surface area contributed by atoms with Gasteiger partial charge in [0.1, 0.15) is 5.75 Å². The van der Waals surface area contributed by atoms with Crippen LogP contribution in [0.1, 0.15) is 25.0 Å². The summed E-state index contributed by atoms with van der Waals surface area (Å²) in [6, 6.07) is 6.22. The lowest BCUT2D eigenvalue weighted by molar-refractivity contribution is 0.409. The third kappa shape index (κ3) is 2.11. The molecule has 0 saturated heterocycles.